The number of hydrogen-bond acceptors (Lipinski definition) is 13. The summed E-state index contributed by atoms with van der Waals surface area (Å²) in [6.07, 6.45) is -2.78. The SMILES string of the molecule is CCOC(=O)[C@@H](C)OP1(=O)OC[C@H]2O[C@@H](n3cnc4c(OC)nc(N)nc43)[C@@](C)(O)[C@@H]2O1. The standard InChI is InChI=1S/C17H24N5O9P/c1-5-27-14(23)8(2)30-32(25)28-6-9-11(31-32)17(3,24)15(29-9)22-7-19-10-12(22)20-16(18)21-13(10)26-4/h7-9,11,15,24H,5-6H2,1-4H3,(H2,18,20,21)/t8-,9-,11-,15-,17+,32?/m1/s1. The highest BCUT2D eigenvalue weighted by atomic mass is 31.2. The van der Waals surface area contributed by atoms with Crippen molar-refractivity contribution in [3.63, 3.8) is 0 Å². The molecule has 0 amide bonds. The topological polar surface area (TPSA) is 179 Å². The van der Waals surface area contributed by atoms with Gasteiger partial charge in [-0.15, -0.1) is 0 Å². The monoisotopic (exact) mass is 473 g/mol. The number of hydrogen-bond donors (Lipinski definition) is 2. The van der Waals surface area contributed by atoms with Crippen LogP contribution < -0.4 is 10.5 Å². The first-order chi connectivity index (χ1) is 15.1. The minimum atomic E-state index is -4.20. The third kappa shape index (κ3) is 3.83. The van der Waals surface area contributed by atoms with Crippen LogP contribution in [0.5, 0.6) is 5.88 Å². The maximum Gasteiger partial charge on any atom is 0.476 e. The van der Waals surface area contributed by atoms with Gasteiger partial charge in [-0.1, -0.05) is 0 Å². The molecule has 0 saturated carbocycles. The molecule has 2 aromatic heterocycles. The molecular weight excluding hydrogens is 449 g/mol. The highest BCUT2D eigenvalue weighted by Crippen LogP contribution is 2.59. The van der Waals surface area contributed by atoms with Crippen LogP contribution in [0.4, 0.5) is 5.95 Å². The van der Waals surface area contributed by atoms with Crippen molar-refractivity contribution in [2.45, 2.75) is 50.9 Å². The van der Waals surface area contributed by atoms with E-state index in [0.717, 1.165) is 0 Å². The Morgan fingerprint density at radius 3 is 2.94 bits per heavy atom. The summed E-state index contributed by atoms with van der Waals surface area (Å²) < 4.78 is 46.4. The Morgan fingerprint density at radius 2 is 2.25 bits per heavy atom. The van der Waals surface area contributed by atoms with Crippen LogP contribution in [0.3, 0.4) is 0 Å². The first-order valence-electron chi connectivity index (χ1n) is 9.79. The summed E-state index contributed by atoms with van der Waals surface area (Å²) in [5.41, 5.74) is 4.61. The number of ether oxygens (including phenoxy) is 3. The van der Waals surface area contributed by atoms with Crippen molar-refractivity contribution in [1.29, 1.82) is 0 Å². The van der Waals surface area contributed by atoms with Crippen molar-refractivity contribution in [3.05, 3.63) is 6.33 Å². The molecule has 4 rings (SSSR count). The lowest BCUT2D eigenvalue weighted by Gasteiger charge is -2.35. The van der Waals surface area contributed by atoms with Crippen LogP contribution in [-0.4, -0.2) is 74.8 Å². The van der Waals surface area contributed by atoms with Gasteiger partial charge in [-0.05, 0) is 20.8 Å². The molecule has 32 heavy (non-hydrogen) atoms. The molecule has 14 nitrogen and oxygen atoms in total. The van der Waals surface area contributed by atoms with Crippen LogP contribution >= 0.6 is 7.82 Å². The highest BCUT2D eigenvalue weighted by Gasteiger charge is 2.60. The summed E-state index contributed by atoms with van der Waals surface area (Å²) in [7, 11) is -2.79. The van der Waals surface area contributed by atoms with E-state index in [9.17, 15) is 14.5 Å². The summed E-state index contributed by atoms with van der Waals surface area (Å²) in [5, 5.41) is 11.3. The Morgan fingerprint density at radius 1 is 1.50 bits per heavy atom. The number of esters is 1. The number of anilines is 1. The Kier molecular flexibility index (Phi) is 5.86. The van der Waals surface area contributed by atoms with E-state index in [-0.39, 0.29) is 30.7 Å². The van der Waals surface area contributed by atoms with Crippen molar-refractivity contribution >= 4 is 30.9 Å². The number of nitrogens with two attached hydrogens (primary N) is 1. The average molecular weight is 473 g/mol. The minimum absolute atomic E-state index is 0.0587. The number of nitrogen functional groups attached to an aromatic ring is 1. The number of carbonyl (C=O) groups excluding carboxylic acids is 1. The fraction of sp³-hybridized carbons (Fsp3) is 0.647. The maximum absolute atomic E-state index is 13.0. The van der Waals surface area contributed by atoms with Crippen molar-refractivity contribution < 1.29 is 42.2 Å². The molecule has 2 aromatic rings. The van der Waals surface area contributed by atoms with Gasteiger partial charge in [0.2, 0.25) is 11.8 Å². The smallest absolute Gasteiger partial charge is 0.476 e. The van der Waals surface area contributed by atoms with E-state index < -0.39 is 43.9 Å². The summed E-state index contributed by atoms with van der Waals surface area (Å²) in [6.45, 7) is 4.35. The van der Waals surface area contributed by atoms with Crippen LogP contribution in [0, 0.1) is 0 Å². The van der Waals surface area contributed by atoms with Crippen LogP contribution in [0.1, 0.15) is 27.0 Å². The van der Waals surface area contributed by atoms with Gasteiger partial charge in [0.25, 0.3) is 0 Å². The number of carbonyl (C=O) groups is 1. The van der Waals surface area contributed by atoms with E-state index in [4.69, 9.17) is 33.5 Å². The zero-order valence-corrected chi connectivity index (χ0v) is 18.7. The average Bonchev–Trinajstić information content (AvgIpc) is 3.25. The van der Waals surface area contributed by atoms with Gasteiger partial charge in [-0.2, -0.15) is 9.97 Å². The van der Waals surface area contributed by atoms with Crippen LogP contribution in [0.25, 0.3) is 11.2 Å². The summed E-state index contributed by atoms with van der Waals surface area (Å²) in [6, 6.07) is 0. The van der Waals surface area contributed by atoms with Gasteiger partial charge in [-0.25, -0.2) is 14.3 Å². The molecule has 2 fully saturated rings. The van der Waals surface area contributed by atoms with Crippen LogP contribution in [0.2, 0.25) is 0 Å². The molecule has 6 atom stereocenters. The van der Waals surface area contributed by atoms with E-state index >= 15 is 0 Å². The molecule has 0 aliphatic carbocycles. The lowest BCUT2D eigenvalue weighted by atomic mass is 9.96. The quantitative estimate of drug-likeness (QED) is 0.439. The van der Waals surface area contributed by atoms with Crippen molar-refractivity contribution in [3.8, 4) is 5.88 Å². The zero-order chi connectivity index (χ0) is 23.3. The molecule has 1 unspecified atom stereocenters. The van der Waals surface area contributed by atoms with Crippen molar-refractivity contribution in [2.75, 3.05) is 26.1 Å². The first kappa shape index (κ1) is 22.8. The molecule has 4 heterocycles. The third-order valence-electron chi connectivity index (χ3n) is 5.12. The van der Waals surface area contributed by atoms with Gasteiger partial charge in [0.05, 0.1) is 26.7 Å². The van der Waals surface area contributed by atoms with Crippen LogP contribution in [-0.2, 0) is 32.4 Å². The molecule has 15 heteroatoms. The molecule has 0 bridgehead atoms. The summed E-state index contributed by atoms with van der Waals surface area (Å²) >= 11 is 0. The van der Waals surface area contributed by atoms with Gasteiger partial charge < -0.3 is 25.1 Å². The molecule has 2 saturated heterocycles. The van der Waals surface area contributed by atoms with Gasteiger partial charge in [0.1, 0.15) is 17.8 Å². The minimum Gasteiger partial charge on any atom is -0.479 e. The van der Waals surface area contributed by atoms with Crippen molar-refractivity contribution in [1.82, 2.24) is 19.5 Å². The van der Waals surface area contributed by atoms with E-state index in [1.807, 2.05) is 0 Å². The number of aromatic nitrogens is 4. The fourth-order valence-electron chi connectivity index (χ4n) is 3.65. The number of methoxy groups -OCH3 is 1. The molecule has 0 spiro atoms. The molecule has 2 aliphatic rings. The predicted octanol–water partition coefficient (Wildman–Crippen LogP) is 0.557. The number of aliphatic hydroxyl groups is 1. The lowest BCUT2D eigenvalue weighted by molar-refractivity contribution is -0.153. The van der Waals surface area contributed by atoms with Gasteiger partial charge in [0, 0.05) is 0 Å². The number of imidazole rings is 1. The molecule has 176 valence electrons. The number of nitrogens with zero attached hydrogens (tertiary/aromatic N) is 4. The molecule has 0 aromatic carbocycles. The summed E-state index contributed by atoms with van der Waals surface area (Å²) in [5.74, 6) is -0.621. The second-order valence-corrected chi connectivity index (χ2v) is 9.01. The van der Waals surface area contributed by atoms with Gasteiger partial charge in [0.15, 0.2) is 23.5 Å². The van der Waals surface area contributed by atoms with E-state index in [1.165, 1.54) is 31.9 Å². The Labute approximate surface area is 182 Å². The second kappa shape index (κ2) is 8.21. The zero-order valence-electron chi connectivity index (χ0n) is 17.8. The third-order valence-corrected chi connectivity index (χ3v) is 6.64. The van der Waals surface area contributed by atoms with Gasteiger partial charge >= 0.3 is 13.8 Å². The number of phosphoric acid groups is 1. The molecular formula is C17H24N5O9P. The van der Waals surface area contributed by atoms with Crippen LogP contribution in [0.15, 0.2) is 6.33 Å². The largest absolute Gasteiger partial charge is 0.479 e. The molecule has 2 aliphatic heterocycles. The number of rotatable bonds is 6. The Hall–Kier alpha value is -2.35. The molecule has 3 N–H and O–H groups in total. The highest BCUT2D eigenvalue weighted by molar-refractivity contribution is 7.48. The first-order valence-corrected chi connectivity index (χ1v) is 11.3. The predicted molar refractivity (Wildman–Crippen MR) is 106 cm³/mol. The summed E-state index contributed by atoms with van der Waals surface area (Å²) in [4.78, 5) is 24.2. The Bertz CT molecular complexity index is 1080. The number of fused-ring (bicyclic) bond motifs is 2. The van der Waals surface area contributed by atoms with Gasteiger partial charge in [-0.3, -0.25) is 18.1 Å². The van der Waals surface area contributed by atoms with Crippen molar-refractivity contribution in [2.24, 2.45) is 0 Å². The number of phosphoric ester groups is 1. The van der Waals surface area contributed by atoms with E-state index in [0.29, 0.717) is 5.52 Å². The lowest BCUT2D eigenvalue weighted by Crippen LogP contribution is -2.48. The normalized spacial score (nSPS) is 33.1. The Balaban J connectivity index is 1.60. The van der Waals surface area contributed by atoms with E-state index in [1.54, 1.807) is 6.92 Å². The van der Waals surface area contributed by atoms with E-state index in [2.05, 4.69) is 15.0 Å². The molecule has 0 radical (unpaired) electrons. The fourth-order valence-corrected chi connectivity index (χ4v) is 5.25. The maximum atomic E-state index is 13.0. The second-order valence-electron chi connectivity index (χ2n) is 7.44.